The van der Waals surface area contributed by atoms with Gasteiger partial charge in [0.1, 0.15) is 11.5 Å². The first-order chi connectivity index (χ1) is 10.6. The summed E-state index contributed by atoms with van der Waals surface area (Å²) < 4.78 is 10.6. The number of amides is 1. The summed E-state index contributed by atoms with van der Waals surface area (Å²) in [4.78, 5) is 12.1. The molecule has 2 rings (SSSR count). The molecular formula is C17H18ClNO3. The molecule has 0 unspecified atom stereocenters. The molecule has 0 atom stereocenters. The fourth-order valence-electron chi connectivity index (χ4n) is 2.06. The molecule has 22 heavy (non-hydrogen) atoms. The Morgan fingerprint density at radius 2 is 1.91 bits per heavy atom. The monoisotopic (exact) mass is 319 g/mol. The second-order valence-electron chi connectivity index (χ2n) is 4.64. The van der Waals surface area contributed by atoms with Gasteiger partial charge in [0.05, 0.1) is 20.1 Å². The Morgan fingerprint density at radius 1 is 1.18 bits per heavy atom. The number of hydrogen-bond acceptors (Lipinski definition) is 3. The van der Waals surface area contributed by atoms with Crippen molar-refractivity contribution in [2.45, 2.75) is 13.3 Å². The first-order valence-corrected chi connectivity index (χ1v) is 7.35. The maximum Gasteiger partial charge on any atom is 0.228 e. The van der Waals surface area contributed by atoms with Crippen molar-refractivity contribution in [2.75, 3.05) is 19.0 Å². The predicted molar refractivity (Wildman–Crippen MR) is 87.9 cm³/mol. The molecule has 0 spiro atoms. The molecular weight excluding hydrogens is 302 g/mol. The van der Waals surface area contributed by atoms with E-state index in [1.54, 1.807) is 37.4 Å². The van der Waals surface area contributed by atoms with E-state index in [4.69, 9.17) is 21.1 Å². The fourth-order valence-corrected chi connectivity index (χ4v) is 2.26. The highest BCUT2D eigenvalue weighted by Crippen LogP contribution is 2.23. The largest absolute Gasteiger partial charge is 0.496 e. The third-order valence-electron chi connectivity index (χ3n) is 3.04. The molecule has 0 aromatic heterocycles. The molecule has 0 saturated carbocycles. The van der Waals surface area contributed by atoms with Crippen LogP contribution in [-0.2, 0) is 11.2 Å². The minimum absolute atomic E-state index is 0.135. The lowest BCUT2D eigenvalue weighted by molar-refractivity contribution is -0.115. The number of benzene rings is 2. The molecule has 116 valence electrons. The van der Waals surface area contributed by atoms with Crippen molar-refractivity contribution >= 4 is 23.2 Å². The molecule has 0 aliphatic carbocycles. The molecule has 0 aliphatic rings. The Kier molecular flexibility index (Phi) is 5.67. The van der Waals surface area contributed by atoms with Crippen LogP contribution >= 0.6 is 11.6 Å². The van der Waals surface area contributed by atoms with E-state index in [1.165, 1.54) is 0 Å². The van der Waals surface area contributed by atoms with Crippen LogP contribution in [0.15, 0.2) is 42.5 Å². The summed E-state index contributed by atoms with van der Waals surface area (Å²) in [6, 6.07) is 12.5. The van der Waals surface area contributed by atoms with Crippen LogP contribution in [0.25, 0.3) is 0 Å². The Morgan fingerprint density at radius 3 is 2.55 bits per heavy atom. The minimum atomic E-state index is -0.135. The second kappa shape index (κ2) is 7.71. The number of hydrogen-bond donors (Lipinski definition) is 1. The summed E-state index contributed by atoms with van der Waals surface area (Å²) in [5.41, 5.74) is 1.47. The smallest absolute Gasteiger partial charge is 0.228 e. The van der Waals surface area contributed by atoms with E-state index >= 15 is 0 Å². The third-order valence-corrected chi connectivity index (χ3v) is 3.28. The van der Waals surface area contributed by atoms with Gasteiger partial charge in [-0.2, -0.15) is 0 Å². The summed E-state index contributed by atoms with van der Waals surface area (Å²) in [5.74, 6) is 1.29. The fraction of sp³-hybridized carbons (Fsp3) is 0.235. The zero-order valence-corrected chi connectivity index (χ0v) is 13.3. The van der Waals surface area contributed by atoms with Crippen molar-refractivity contribution in [3.8, 4) is 11.5 Å². The number of halogens is 1. The third kappa shape index (κ3) is 4.40. The van der Waals surface area contributed by atoms with Gasteiger partial charge in [-0.25, -0.2) is 0 Å². The topological polar surface area (TPSA) is 47.6 Å². The van der Waals surface area contributed by atoms with E-state index in [0.717, 1.165) is 17.0 Å². The van der Waals surface area contributed by atoms with Gasteiger partial charge in [0.15, 0.2) is 0 Å². The second-order valence-corrected chi connectivity index (χ2v) is 5.07. The molecule has 1 N–H and O–H groups in total. The summed E-state index contributed by atoms with van der Waals surface area (Å²) in [6.45, 7) is 2.54. The number of carbonyl (C=O) groups excluding carboxylic acids is 1. The van der Waals surface area contributed by atoms with E-state index in [1.807, 2.05) is 19.1 Å². The lowest BCUT2D eigenvalue weighted by atomic mass is 10.1. The predicted octanol–water partition coefficient (Wildman–Crippen LogP) is 3.93. The van der Waals surface area contributed by atoms with Gasteiger partial charge in [-0.1, -0.05) is 11.6 Å². The number of anilines is 1. The highest BCUT2D eigenvalue weighted by atomic mass is 35.5. The van der Waals surface area contributed by atoms with Gasteiger partial charge in [-0.05, 0) is 49.4 Å². The Bertz CT molecular complexity index is 641. The summed E-state index contributed by atoms with van der Waals surface area (Å²) in [7, 11) is 1.57. The summed E-state index contributed by atoms with van der Waals surface area (Å²) in [6.07, 6.45) is 0.191. The van der Waals surface area contributed by atoms with Gasteiger partial charge in [0.25, 0.3) is 0 Å². The van der Waals surface area contributed by atoms with Crippen LogP contribution in [0, 0.1) is 0 Å². The Balaban J connectivity index is 2.02. The van der Waals surface area contributed by atoms with Crippen molar-refractivity contribution < 1.29 is 14.3 Å². The average molecular weight is 320 g/mol. The van der Waals surface area contributed by atoms with Crippen molar-refractivity contribution in [2.24, 2.45) is 0 Å². The van der Waals surface area contributed by atoms with Crippen LogP contribution in [0.4, 0.5) is 5.69 Å². The van der Waals surface area contributed by atoms with Gasteiger partial charge in [0.2, 0.25) is 5.91 Å². The normalized spacial score (nSPS) is 10.1. The average Bonchev–Trinajstić information content (AvgIpc) is 2.50. The number of methoxy groups -OCH3 is 1. The highest BCUT2D eigenvalue weighted by molar-refractivity contribution is 6.30. The van der Waals surface area contributed by atoms with E-state index in [2.05, 4.69) is 5.32 Å². The maximum absolute atomic E-state index is 12.1. The molecule has 0 aliphatic heterocycles. The lowest BCUT2D eigenvalue weighted by Crippen LogP contribution is -2.14. The van der Waals surface area contributed by atoms with Gasteiger partial charge >= 0.3 is 0 Å². The van der Waals surface area contributed by atoms with Crippen molar-refractivity contribution in [1.82, 2.24) is 0 Å². The molecule has 0 saturated heterocycles. The summed E-state index contributed by atoms with van der Waals surface area (Å²) in [5, 5.41) is 3.41. The Labute approximate surface area is 135 Å². The lowest BCUT2D eigenvalue weighted by Gasteiger charge is -2.10. The zero-order chi connectivity index (χ0) is 15.9. The number of rotatable bonds is 6. The van der Waals surface area contributed by atoms with Crippen LogP contribution < -0.4 is 14.8 Å². The van der Waals surface area contributed by atoms with E-state index in [9.17, 15) is 4.79 Å². The quantitative estimate of drug-likeness (QED) is 0.877. The number of ether oxygens (including phenoxy) is 2. The standard InChI is InChI=1S/C17H18ClNO3/c1-3-22-15-7-5-14(6-8-15)19-17(20)11-12-10-13(18)4-9-16(12)21-2/h4-10H,3,11H2,1-2H3,(H,19,20). The van der Waals surface area contributed by atoms with Crippen LogP contribution in [0.3, 0.4) is 0 Å². The molecule has 1 amide bonds. The van der Waals surface area contributed by atoms with Crippen molar-refractivity contribution in [3.63, 3.8) is 0 Å². The Hall–Kier alpha value is -2.20. The minimum Gasteiger partial charge on any atom is -0.496 e. The molecule has 0 fully saturated rings. The van der Waals surface area contributed by atoms with Crippen LogP contribution in [0.5, 0.6) is 11.5 Å². The van der Waals surface area contributed by atoms with Gasteiger partial charge < -0.3 is 14.8 Å². The number of nitrogens with one attached hydrogen (secondary N) is 1. The molecule has 0 heterocycles. The van der Waals surface area contributed by atoms with Crippen LogP contribution in [0.2, 0.25) is 5.02 Å². The van der Waals surface area contributed by atoms with Crippen LogP contribution in [-0.4, -0.2) is 19.6 Å². The van der Waals surface area contributed by atoms with Crippen molar-refractivity contribution in [3.05, 3.63) is 53.1 Å². The molecule has 4 nitrogen and oxygen atoms in total. The molecule has 2 aromatic rings. The molecule has 0 radical (unpaired) electrons. The summed E-state index contributed by atoms with van der Waals surface area (Å²) >= 11 is 5.96. The molecule has 5 heteroatoms. The SMILES string of the molecule is CCOc1ccc(NC(=O)Cc2cc(Cl)ccc2OC)cc1. The molecule has 0 bridgehead atoms. The van der Waals surface area contributed by atoms with E-state index < -0.39 is 0 Å². The first kappa shape index (κ1) is 16.2. The zero-order valence-electron chi connectivity index (χ0n) is 12.6. The molecule has 2 aromatic carbocycles. The first-order valence-electron chi connectivity index (χ1n) is 6.97. The van der Waals surface area contributed by atoms with E-state index in [-0.39, 0.29) is 12.3 Å². The van der Waals surface area contributed by atoms with Gasteiger partial charge in [0, 0.05) is 16.3 Å². The van der Waals surface area contributed by atoms with Gasteiger partial charge in [-0.3, -0.25) is 4.79 Å². The maximum atomic E-state index is 12.1. The van der Waals surface area contributed by atoms with Crippen molar-refractivity contribution in [1.29, 1.82) is 0 Å². The van der Waals surface area contributed by atoms with E-state index in [0.29, 0.717) is 17.4 Å². The van der Waals surface area contributed by atoms with Gasteiger partial charge in [-0.15, -0.1) is 0 Å². The highest BCUT2D eigenvalue weighted by Gasteiger charge is 2.10. The van der Waals surface area contributed by atoms with Crippen LogP contribution in [0.1, 0.15) is 12.5 Å². The number of carbonyl (C=O) groups is 1.